The van der Waals surface area contributed by atoms with Crippen molar-refractivity contribution >= 4 is 0 Å². The van der Waals surface area contributed by atoms with Crippen LogP contribution in [0.1, 0.15) is 44.1 Å². The van der Waals surface area contributed by atoms with E-state index in [2.05, 4.69) is 29.0 Å². The molecule has 5 nitrogen and oxygen atoms in total. The minimum Gasteiger partial charge on any atom is -0.491 e. The van der Waals surface area contributed by atoms with Crippen LogP contribution >= 0.6 is 0 Å². The summed E-state index contributed by atoms with van der Waals surface area (Å²) in [6.45, 7) is 5.93. The first kappa shape index (κ1) is 20.6. The number of hydrogen-bond donors (Lipinski definition) is 1. The molecule has 152 valence electrons. The first-order valence-corrected chi connectivity index (χ1v) is 10.6. The molecular weight excluding hydrogens is 340 g/mol. The molecule has 2 saturated heterocycles. The maximum Gasteiger partial charge on any atom is 0.119 e. The monoisotopic (exact) mass is 376 g/mol. The molecule has 1 atom stereocenters. The van der Waals surface area contributed by atoms with Crippen LogP contribution in [0, 0.1) is 0 Å². The van der Waals surface area contributed by atoms with Crippen molar-refractivity contribution in [3.8, 4) is 5.75 Å². The van der Waals surface area contributed by atoms with E-state index in [1.165, 1.54) is 31.2 Å². The largest absolute Gasteiger partial charge is 0.491 e. The number of ether oxygens (including phenoxy) is 2. The first-order valence-electron chi connectivity index (χ1n) is 10.6. The quantitative estimate of drug-likeness (QED) is 0.756. The number of aliphatic hydroxyl groups is 1. The Labute approximate surface area is 164 Å². The topological polar surface area (TPSA) is 45.2 Å². The molecule has 3 rings (SSSR count). The van der Waals surface area contributed by atoms with Crippen molar-refractivity contribution in [1.29, 1.82) is 0 Å². The van der Waals surface area contributed by atoms with Crippen molar-refractivity contribution in [1.82, 2.24) is 9.80 Å². The Morgan fingerprint density at radius 1 is 1.19 bits per heavy atom. The molecule has 0 saturated carbocycles. The standard InChI is InChI=1S/C22H36N2O3/c1-23(20-9-13-26-14-10-20)16-19-7-6-8-22(15-19)27-18-21(25)17-24-11-4-2-3-5-12-24/h6-8,15,20-21,25H,2-5,9-14,16-18H2,1H3/t21-/m1/s1. The van der Waals surface area contributed by atoms with Gasteiger partial charge >= 0.3 is 0 Å². The molecule has 0 unspecified atom stereocenters. The Bertz CT molecular complexity index is 540. The third kappa shape index (κ3) is 7.07. The molecule has 1 aromatic rings. The van der Waals surface area contributed by atoms with E-state index in [0.29, 0.717) is 19.2 Å². The van der Waals surface area contributed by atoms with Crippen LogP contribution < -0.4 is 4.74 Å². The van der Waals surface area contributed by atoms with Crippen LogP contribution in [-0.2, 0) is 11.3 Å². The van der Waals surface area contributed by atoms with E-state index in [9.17, 15) is 5.11 Å². The van der Waals surface area contributed by atoms with Gasteiger partial charge in [-0.2, -0.15) is 0 Å². The second-order valence-corrected chi connectivity index (χ2v) is 8.09. The van der Waals surface area contributed by atoms with E-state index in [1.807, 2.05) is 12.1 Å². The predicted molar refractivity (Wildman–Crippen MR) is 108 cm³/mol. The van der Waals surface area contributed by atoms with Gasteiger partial charge in [-0.1, -0.05) is 25.0 Å². The normalized spacial score (nSPS) is 21.1. The summed E-state index contributed by atoms with van der Waals surface area (Å²) >= 11 is 0. The summed E-state index contributed by atoms with van der Waals surface area (Å²) in [5.74, 6) is 0.850. The van der Waals surface area contributed by atoms with E-state index >= 15 is 0 Å². The third-order valence-corrected chi connectivity index (χ3v) is 5.75. The van der Waals surface area contributed by atoms with Gasteiger partial charge < -0.3 is 19.5 Å². The van der Waals surface area contributed by atoms with E-state index in [0.717, 1.165) is 51.4 Å². The Morgan fingerprint density at radius 2 is 1.93 bits per heavy atom. The molecule has 0 amide bonds. The summed E-state index contributed by atoms with van der Waals surface area (Å²) in [4.78, 5) is 4.79. The van der Waals surface area contributed by atoms with Crippen LogP contribution in [0.25, 0.3) is 0 Å². The highest BCUT2D eigenvalue weighted by molar-refractivity contribution is 5.28. The molecule has 0 spiro atoms. The molecule has 2 aliphatic heterocycles. The van der Waals surface area contributed by atoms with Crippen LogP contribution in [0.4, 0.5) is 0 Å². The van der Waals surface area contributed by atoms with Crippen LogP contribution in [0.5, 0.6) is 5.75 Å². The second kappa shape index (κ2) is 11.0. The summed E-state index contributed by atoms with van der Waals surface area (Å²) < 4.78 is 11.4. The van der Waals surface area contributed by atoms with E-state index in [1.54, 1.807) is 0 Å². The van der Waals surface area contributed by atoms with Crippen molar-refractivity contribution in [3.63, 3.8) is 0 Å². The fraction of sp³-hybridized carbons (Fsp3) is 0.727. The van der Waals surface area contributed by atoms with Gasteiger partial charge in [0.15, 0.2) is 0 Å². The molecule has 0 aromatic heterocycles. The summed E-state index contributed by atoms with van der Waals surface area (Å²) in [6.07, 6.45) is 6.91. The van der Waals surface area contributed by atoms with Gasteiger partial charge in [0.1, 0.15) is 18.5 Å². The zero-order chi connectivity index (χ0) is 18.9. The van der Waals surface area contributed by atoms with Gasteiger partial charge in [0.2, 0.25) is 0 Å². The van der Waals surface area contributed by atoms with Crippen LogP contribution in [-0.4, -0.2) is 73.6 Å². The molecular formula is C22H36N2O3. The summed E-state index contributed by atoms with van der Waals surface area (Å²) in [7, 11) is 2.19. The zero-order valence-electron chi connectivity index (χ0n) is 16.8. The fourth-order valence-electron chi connectivity index (χ4n) is 4.14. The van der Waals surface area contributed by atoms with Gasteiger partial charge in [0.05, 0.1) is 0 Å². The molecule has 2 heterocycles. The van der Waals surface area contributed by atoms with Crippen LogP contribution in [0.3, 0.4) is 0 Å². The summed E-state index contributed by atoms with van der Waals surface area (Å²) in [6, 6.07) is 8.88. The van der Waals surface area contributed by atoms with Gasteiger partial charge in [0.25, 0.3) is 0 Å². The highest BCUT2D eigenvalue weighted by atomic mass is 16.5. The maximum absolute atomic E-state index is 10.4. The van der Waals surface area contributed by atoms with Crippen molar-refractivity contribution < 1.29 is 14.6 Å². The molecule has 2 fully saturated rings. The lowest BCUT2D eigenvalue weighted by Crippen LogP contribution is -2.36. The molecule has 0 radical (unpaired) electrons. The molecule has 0 aliphatic carbocycles. The smallest absolute Gasteiger partial charge is 0.119 e. The number of nitrogens with zero attached hydrogens (tertiary/aromatic N) is 2. The van der Waals surface area contributed by atoms with Crippen molar-refractivity contribution in [3.05, 3.63) is 29.8 Å². The zero-order valence-corrected chi connectivity index (χ0v) is 16.8. The first-order chi connectivity index (χ1) is 13.2. The number of aliphatic hydroxyl groups excluding tert-OH is 1. The lowest BCUT2D eigenvalue weighted by Gasteiger charge is -2.31. The Kier molecular flexibility index (Phi) is 8.39. The molecule has 27 heavy (non-hydrogen) atoms. The minimum absolute atomic E-state index is 0.357. The molecule has 5 heteroatoms. The average Bonchev–Trinajstić information content (AvgIpc) is 2.96. The van der Waals surface area contributed by atoms with Gasteiger partial charge in [-0.25, -0.2) is 0 Å². The average molecular weight is 377 g/mol. The maximum atomic E-state index is 10.4. The SMILES string of the molecule is CN(Cc1cccc(OC[C@H](O)CN2CCCCCC2)c1)C1CCOCC1. The Hall–Kier alpha value is -1.14. The van der Waals surface area contributed by atoms with Crippen molar-refractivity contribution in [2.45, 2.75) is 57.2 Å². The Balaban J connectivity index is 1.44. The van der Waals surface area contributed by atoms with E-state index in [4.69, 9.17) is 9.47 Å². The van der Waals surface area contributed by atoms with Gasteiger partial charge in [0, 0.05) is 32.3 Å². The lowest BCUT2D eigenvalue weighted by atomic mass is 10.1. The molecule has 2 aliphatic rings. The third-order valence-electron chi connectivity index (χ3n) is 5.75. The summed E-state index contributed by atoms with van der Waals surface area (Å²) in [5.41, 5.74) is 1.25. The molecule has 1 N–H and O–H groups in total. The highest BCUT2D eigenvalue weighted by Gasteiger charge is 2.18. The van der Waals surface area contributed by atoms with E-state index < -0.39 is 6.10 Å². The van der Waals surface area contributed by atoms with Crippen LogP contribution in [0.2, 0.25) is 0 Å². The minimum atomic E-state index is -0.434. The predicted octanol–water partition coefficient (Wildman–Crippen LogP) is 2.91. The second-order valence-electron chi connectivity index (χ2n) is 8.09. The molecule has 1 aromatic carbocycles. The van der Waals surface area contributed by atoms with Crippen molar-refractivity contribution in [2.24, 2.45) is 0 Å². The number of rotatable bonds is 8. The van der Waals surface area contributed by atoms with Gasteiger partial charge in [-0.15, -0.1) is 0 Å². The number of hydrogen-bond acceptors (Lipinski definition) is 5. The highest BCUT2D eigenvalue weighted by Crippen LogP contribution is 2.19. The van der Waals surface area contributed by atoms with Crippen molar-refractivity contribution in [2.75, 3.05) is 46.5 Å². The Morgan fingerprint density at radius 3 is 2.67 bits per heavy atom. The van der Waals surface area contributed by atoms with E-state index in [-0.39, 0.29) is 0 Å². The number of benzene rings is 1. The van der Waals surface area contributed by atoms with Gasteiger partial charge in [-0.3, -0.25) is 4.90 Å². The van der Waals surface area contributed by atoms with Crippen LogP contribution in [0.15, 0.2) is 24.3 Å². The van der Waals surface area contributed by atoms with Gasteiger partial charge in [-0.05, 0) is 63.5 Å². The summed E-state index contributed by atoms with van der Waals surface area (Å²) in [5, 5.41) is 10.4. The number of β-amino-alcohol motifs (C(OH)–C–C–N with tert-alkyl or cyclic N) is 1. The fourth-order valence-corrected chi connectivity index (χ4v) is 4.14. The lowest BCUT2D eigenvalue weighted by molar-refractivity contribution is 0.0406. The molecule has 0 bridgehead atoms. The number of likely N-dealkylation sites (tertiary alicyclic amines) is 1.